The van der Waals surface area contributed by atoms with Gasteiger partial charge < -0.3 is 9.47 Å². The van der Waals surface area contributed by atoms with Crippen molar-refractivity contribution in [2.45, 2.75) is 90.0 Å². The lowest BCUT2D eigenvalue weighted by atomic mass is 9.68. The van der Waals surface area contributed by atoms with Crippen molar-refractivity contribution in [3.63, 3.8) is 0 Å². The van der Waals surface area contributed by atoms with Crippen LogP contribution in [0.5, 0.6) is 11.5 Å². The predicted octanol–water partition coefficient (Wildman–Crippen LogP) is 9.18. The Kier molecular flexibility index (Phi) is 8.61. The first-order valence-electron chi connectivity index (χ1n) is 13.1. The summed E-state index contributed by atoms with van der Waals surface area (Å²) < 4.78 is 61.0. The van der Waals surface area contributed by atoms with E-state index in [0.717, 1.165) is 36.2 Å². The summed E-state index contributed by atoms with van der Waals surface area (Å²) in [5, 5.41) is 0. The van der Waals surface area contributed by atoms with Gasteiger partial charge in [0.2, 0.25) is 0 Å². The van der Waals surface area contributed by atoms with Gasteiger partial charge in [0.05, 0.1) is 0 Å². The van der Waals surface area contributed by atoms with Crippen LogP contribution in [0.2, 0.25) is 0 Å². The lowest BCUT2D eigenvalue weighted by Gasteiger charge is -2.38. The summed E-state index contributed by atoms with van der Waals surface area (Å²) in [6.07, 6.45) is 8.09. The van der Waals surface area contributed by atoms with Crippen LogP contribution in [0.1, 0.15) is 88.2 Å². The quantitative estimate of drug-likeness (QED) is 0.342. The maximum atomic E-state index is 14.4. The Balaban J connectivity index is 1.29. The van der Waals surface area contributed by atoms with Gasteiger partial charge in [-0.3, -0.25) is 0 Å². The average Bonchev–Trinajstić information content (AvgIpc) is 2.83. The molecule has 0 radical (unpaired) electrons. The normalized spacial score (nSPS) is 25.3. The fraction of sp³-hybridized carbons (Fsp3) is 0.586. The Morgan fingerprint density at radius 2 is 1.43 bits per heavy atom. The first-order chi connectivity index (χ1) is 16.8. The fourth-order valence-electron chi connectivity index (χ4n) is 6.14. The lowest BCUT2D eigenvalue weighted by Crippen LogP contribution is -2.25. The molecular weight excluding hydrogens is 456 g/mol. The molecule has 0 unspecified atom stereocenters. The van der Waals surface area contributed by atoms with Crippen LogP contribution in [-0.4, -0.2) is 6.36 Å². The van der Waals surface area contributed by atoms with E-state index in [1.54, 1.807) is 6.07 Å². The molecule has 2 saturated carbocycles. The summed E-state index contributed by atoms with van der Waals surface area (Å²) in [5.74, 6) is 2.81. The Morgan fingerprint density at radius 1 is 0.800 bits per heavy atom. The van der Waals surface area contributed by atoms with Crippen LogP contribution < -0.4 is 9.47 Å². The third kappa shape index (κ3) is 7.62. The standard InChI is InChI=1S/C29H36F4O2/c1-2-3-20-4-8-22(9-5-20)23-10-12-24(13-11-23)25-16-26(30)18-28(17-25)34-19-21-6-14-27(15-7-21)35-29(31,32)33/h6-7,14-18,20,22-24H,2-5,8-13,19H2,1H3. The molecular formula is C29H36F4O2. The van der Waals surface area contributed by atoms with Crippen LogP contribution in [0.3, 0.4) is 0 Å². The van der Waals surface area contributed by atoms with Gasteiger partial charge in [-0.1, -0.05) is 44.7 Å². The van der Waals surface area contributed by atoms with E-state index >= 15 is 0 Å². The first kappa shape index (κ1) is 25.8. The van der Waals surface area contributed by atoms with Crippen molar-refractivity contribution in [2.75, 3.05) is 0 Å². The van der Waals surface area contributed by atoms with Gasteiger partial charge in [-0.15, -0.1) is 13.2 Å². The minimum Gasteiger partial charge on any atom is -0.489 e. The van der Waals surface area contributed by atoms with Gasteiger partial charge in [-0.25, -0.2) is 4.39 Å². The molecule has 0 saturated heterocycles. The third-order valence-corrected chi connectivity index (χ3v) is 7.95. The van der Waals surface area contributed by atoms with E-state index in [0.29, 0.717) is 17.2 Å². The van der Waals surface area contributed by atoms with Crippen LogP contribution in [0.25, 0.3) is 0 Å². The monoisotopic (exact) mass is 492 g/mol. The highest BCUT2D eigenvalue weighted by Gasteiger charge is 2.32. The molecule has 192 valence electrons. The molecule has 0 atom stereocenters. The Morgan fingerprint density at radius 3 is 2.03 bits per heavy atom. The van der Waals surface area contributed by atoms with Gasteiger partial charge >= 0.3 is 6.36 Å². The van der Waals surface area contributed by atoms with Gasteiger partial charge in [0.15, 0.2) is 0 Å². The second kappa shape index (κ2) is 11.7. The molecule has 0 bridgehead atoms. The maximum Gasteiger partial charge on any atom is 0.573 e. The highest BCUT2D eigenvalue weighted by Crippen LogP contribution is 2.45. The second-order valence-corrected chi connectivity index (χ2v) is 10.4. The number of alkyl halides is 3. The molecule has 0 aromatic heterocycles. The van der Waals surface area contributed by atoms with E-state index in [4.69, 9.17) is 4.74 Å². The summed E-state index contributed by atoms with van der Waals surface area (Å²) in [4.78, 5) is 0. The van der Waals surface area contributed by atoms with E-state index in [9.17, 15) is 17.6 Å². The SMILES string of the molecule is CCCC1CCC(C2CCC(c3cc(F)cc(OCc4ccc(OC(F)(F)F)cc4)c3)CC2)CC1. The summed E-state index contributed by atoms with van der Waals surface area (Å²) >= 11 is 0. The molecule has 6 heteroatoms. The van der Waals surface area contributed by atoms with Crippen molar-refractivity contribution in [3.8, 4) is 11.5 Å². The number of rotatable bonds is 8. The lowest BCUT2D eigenvalue weighted by molar-refractivity contribution is -0.274. The van der Waals surface area contributed by atoms with Crippen LogP contribution in [-0.2, 0) is 6.61 Å². The zero-order valence-electron chi connectivity index (χ0n) is 20.5. The van der Waals surface area contributed by atoms with Crippen molar-refractivity contribution in [1.29, 1.82) is 0 Å². The van der Waals surface area contributed by atoms with E-state index in [1.165, 1.54) is 81.7 Å². The minimum absolute atomic E-state index is 0.142. The zero-order valence-corrected chi connectivity index (χ0v) is 20.5. The molecule has 2 aromatic rings. The van der Waals surface area contributed by atoms with Gasteiger partial charge in [0.1, 0.15) is 23.9 Å². The van der Waals surface area contributed by atoms with E-state index < -0.39 is 6.36 Å². The summed E-state index contributed by atoms with van der Waals surface area (Å²) in [7, 11) is 0. The van der Waals surface area contributed by atoms with E-state index in [2.05, 4.69) is 11.7 Å². The highest BCUT2D eigenvalue weighted by molar-refractivity contribution is 5.33. The van der Waals surface area contributed by atoms with Crippen LogP contribution in [0.15, 0.2) is 42.5 Å². The number of benzene rings is 2. The molecule has 0 spiro atoms. The molecule has 0 aliphatic heterocycles. The minimum atomic E-state index is -4.72. The van der Waals surface area contributed by atoms with Crippen LogP contribution in [0.4, 0.5) is 17.6 Å². The molecule has 2 aliphatic rings. The molecule has 2 aliphatic carbocycles. The number of hydrogen-bond acceptors (Lipinski definition) is 2. The van der Waals surface area contributed by atoms with Crippen molar-refractivity contribution in [2.24, 2.45) is 17.8 Å². The second-order valence-electron chi connectivity index (χ2n) is 10.4. The predicted molar refractivity (Wildman–Crippen MR) is 129 cm³/mol. The van der Waals surface area contributed by atoms with Gasteiger partial charge in [-0.05, 0) is 97.6 Å². The fourth-order valence-corrected chi connectivity index (χ4v) is 6.14. The van der Waals surface area contributed by atoms with E-state index in [1.807, 2.05) is 6.07 Å². The Bertz CT molecular complexity index is 925. The number of hydrogen-bond donors (Lipinski definition) is 0. The van der Waals surface area contributed by atoms with Crippen LogP contribution >= 0.6 is 0 Å². The number of halogens is 4. The average molecular weight is 493 g/mol. The molecule has 2 nitrogen and oxygen atoms in total. The summed E-state index contributed by atoms with van der Waals surface area (Å²) in [6.45, 7) is 2.42. The van der Waals surface area contributed by atoms with Gasteiger partial charge in [-0.2, -0.15) is 0 Å². The third-order valence-electron chi connectivity index (χ3n) is 7.95. The van der Waals surface area contributed by atoms with E-state index in [-0.39, 0.29) is 18.2 Å². The summed E-state index contributed by atoms with van der Waals surface area (Å²) in [6, 6.07) is 10.4. The van der Waals surface area contributed by atoms with Gasteiger partial charge in [0.25, 0.3) is 0 Å². The maximum absolute atomic E-state index is 14.4. The zero-order chi connectivity index (χ0) is 24.8. The molecule has 0 heterocycles. The molecule has 0 amide bonds. The van der Waals surface area contributed by atoms with Crippen molar-refractivity contribution in [1.82, 2.24) is 0 Å². The molecule has 0 N–H and O–H groups in total. The topological polar surface area (TPSA) is 18.5 Å². The molecule has 4 rings (SSSR count). The Hall–Kier alpha value is -2.24. The van der Waals surface area contributed by atoms with Crippen molar-refractivity contribution in [3.05, 3.63) is 59.4 Å². The summed E-state index contributed by atoms with van der Waals surface area (Å²) in [5.41, 5.74) is 1.67. The van der Waals surface area contributed by atoms with Crippen molar-refractivity contribution < 1.29 is 27.0 Å². The van der Waals surface area contributed by atoms with Gasteiger partial charge in [0, 0.05) is 6.07 Å². The number of ether oxygens (including phenoxy) is 2. The molecule has 35 heavy (non-hydrogen) atoms. The molecule has 2 fully saturated rings. The van der Waals surface area contributed by atoms with Crippen molar-refractivity contribution >= 4 is 0 Å². The Labute approximate surface area is 206 Å². The first-order valence-corrected chi connectivity index (χ1v) is 13.1. The smallest absolute Gasteiger partial charge is 0.489 e. The highest BCUT2D eigenvalue weighted by atomic mass is 19.4. The molecule has 2 aromatic carbocycles. The largest absolute Gasteiger partial charge is 0.573 e. The van der Waals surface area contributed by atoms with Crippen LogP contribution in [0, 0.1) is 23.6 Å².